The molecule has 0 saturated carbocycles. The van der Waals surface area contributed by atoms with Crippen molar-refractivity contribution >= 4 is 24.3 Å². The van der Waals surface area contributed by atoms with Crippen molar-refractivity contribution in [3.63, 3.8) is 0 Å². The molecule has 1 aliphatic rings. The minimum atomic E-state index is -0.613. The Morgan fingerprint density at radius 2 is 1.79 bits per heavy atom. The van der Waals surface area contributed by atoms with E-state index in [0.29, 0.717) is 38.4 Å². The van der Waals surface area contributed by atoms with Crippen molar-refractivity contribution in [3.05, 3.63) is 23.4 Å². The summed E-state index contributed by atoms with van der Waals surface area (Å²) in [6.07, 6.45) is 0.434. The first-order valence-corrected chi connectivity index (χ1v) is 11.3. The van der Waals surface area contributed by atoms with Gasteiger partial charge in [-0.25, -0.2) is 14.6 Å². The van der Waals surface area contributed by atoms with Crippen molar-refractivity contribution in [2.75, 3.05) is 25.0 Å². The fourth-order valence-corrected chi connectivity index (χ4v) is 3.55. The van der Waals surface area contributed by atoms with Crippen molar-refractivity contribution in [1.29, 1.82) is 0 Å². The Hall–Kier alpha value is -2.68. The zero-order chi connectivity index (χ0) is 24.8. The van der Waals surface area contributed by atoms with E-state index in [-0.39, 0.29) is 12.0 Å². The first kappa shape index (κ1) is 26.6. The third-order valence-electron chi connectivity index (χ3n) is 4.72. The molecule has 0 aromatic carbocycles. The van der Waals surface area contributed by atoms with Gasteiger partial charge in [0.05, 0.1) is 19.3 Å². The van der Waals surface area contributed by atoms with Gasteiger partial charge in [-0.1, -0.05) is 0 Å². The van der Waals surface area contributed by atoms with Gasteiger partial charge in [0.1, 0.15) is 23.3 Å². The second kappa shape index (κ2) is 11.0. The number of nitrogens with one attached hydrogen (secondary N) is 1. The monoisotopic (exact) mass is 463 g/mol. The number of likely N-dealkylation sites (tertiary alicyclic amines) is 1. The Kier molecular flexibility index (Phi) is 8.82. The number of aromatic nitrogens is 1. The summed E-state index contributed by atoms with van der Waals surface area (Å²) in [4.78, 5) is 41.7. The molecule has 9 heteroatoms. The Labute approximate surface area is 196 Å². The molecule has 9 nitrogen and oxygen atoms in total. The fraction of sp³-hybridized carbons (Fsp3) is 0.667. The minimum absolute atomic E-state index is 0.0344. The number of hydrogen-bond acceptors (Lipinski definition) is 7. The summed E-state index contributed by atoms with van der Waals surface area (Å²) in [5, 5.41) is 2.68. The van der Waals surface area contributed by atoms with Gasteiger partial charge in [0.2, 0.25) is 0 Å². The molecule has 1 aromatic rings. The summed E-state index contributed by atoms with van der Waals surface area (Å²) in [5.41, 5.74) is 0.494. The summed E-state index contributed by atoms with van der Waals surface area (Å²) in [5.74, 6) is 0.368. The smallest absolute Gasteiger partial charge is 0.413 e. The standard InChI is InChI=1S/C24H37N3O6/c1-16-11-18(25-20(12-16)26-21(29)32-23(2,3)4)13-17-14-27(22(30)33-24(5,6)7)15-19(17)31-10-8-9-28/h9,11-12,17,19H,8,10,13-15H2,1-7H3,(H,25,26,29)/t17-,19+/m1/s1. The van der Waals surface area contributed by atoms with Crippen LogP contribution in [0.15, 0.2) is 12.1 Å². The van der Waals surface area contributed by atoms with E-state index < -0.39 is 23.4 Å². The van der Waals surface area contributed by atoms with Crippen LogP contribution in [0.25, 0.3) is 0 Å². The number of carbonyl (C=O) groups is 3. The predicted molar refractivity (Wildman–Crippen MR) is 124 cm³/mol. The molecule has 1 N–H and O–H groups in total. The molecule has 1 aliphatic heterocycles. The Balaban J connectivity index is 2.14. The van der Waals surface area contributed by atoms with E-state index in [9.17, 15) is 14.4 Å². The number of ether oxygens (including phenoxy) is 3. The molecular weight excluding hydrogens is 426 g/mol. The first-order chi connectivity index (χ1) is 15.3. The number of anilines is 1. The molecule has 1 fully saturated rings. The third-order valence-corrected chi connectivity index (χ3v) is 4.72. The highest BCUT2D eigenvalue weighted by molar-refractivity contribution is 5.83. The van der Waals surface area contributed by atoms with Crippen LogP contribution in [0, 0.1) is 12.8 Å². The van der Waals surface area contributed by atoms with Crippen LogP contribution in [-0.4, -0.2) is 65.4 Å². The summed E-state index contributed by atoms with van der Waals surface area (Å²) in [6, 6.07) is 3.71. The molecule has 2 rings (SSSR count). The molecule has 1 saturated heterocycles. The van der Waals surface area contributed by atoms with E-state index >= 15 is 0 Å². The van der Waals surface area contributed by atoms with E-state index in [1.54, 1.807) is 31.7 Å². The highest BCUT2D eigenvalue weighted by atomic mass is 16.6. The van der Waals surface area contributed by atoms with Crippen molar-refractivity contribution < 1.29 is 28.6 Å². The van der Waals surface area contributed by atoms with Crippen molar-refractivity contribution in [2.45, 2.75) is 78.6 Å². The Morgan fingerprint density at radius 3 is 2.39 bits per heavy atom. The zero-order valence-electron chi connectivity index (χ0n) is 20.8. The number of nitrogens with zero attached hydrogens (tertiary/aromatic N) is 2. The van der Waals surface area contributed by atoms with Gasteiger partial charge in [-0.3, -0.25) is 5.32 Å². The average molecular weight is 464 g/mol. The Morgan fingerprint density at radius 1 is 1.12 bits per heavy atom. The van der Waals surface area contributed by atoms with Gasteiger partial charge in [-0.2, -0.15) is 0 Å². The molecule has 184 valence electrons. The summed E-state index contributed by atoms with van der Waals surface area (Å²) in [7, 11) is 0. The number of aldehydes is 1. The van der Waals surface area contributed by atoms with Crippen molar-refractivity contribution in [1.82, 2.24) is 9.88 Å². The predicted octanol–water partition coefficient (Wildman–Crippen LogP) is 4.12. The van der Waals surface area contributed by atoms with Gasteiger partial charge in [-0.05, 0) is 72.6 Å². The SMILES string of the molecule is Cc1cc(C[C@@H]2CN(C(=O)OC(C)(C)C)C[C@@H]2OCCC=O)nc(NC(=O)OC(C)(C)C)c1. The van der Waals surface area contributed by atoms with E-state index in [0.717, 1.165) is 17.5 Å². The maximum atomic E-state index is 12.6. The van der Waals surface area contributed by atoms with Crippen molar-refractivity contribution in [3.8, 4) is 0 Å². The quantitative estimate of drug-likeness (QED) is 0.479. The van der Waals surface area contributed by atoms with Crippen LogP contribution in [0.5, 0.6) is 0 Å². The normalized spacial score (nSPS) is 18.7. The van der Waals surface area contributed by atoms with Crippen molar-refractivity contribution in [2.24, 2.45) is 5.92 Å². The molecule has 0 aliphatic carbocycles. The topological polar surface area (TPSA) is 107 Å². The highest BCUT2D eigenvalue weighted by Gasteiger charge is 2.38. The zero-order valence-corrected chi connectivity index (χ0v) is 20.8. The second-order valence-corrected chi connectivity index (χ2v) is 10.4. The lowest BCUT2D eigenvalue weighted by atomic mass is 9.99. The van der Waals surface area contributed by atoms with Crippen LogP contribution in [0.2, 0.25) is 0 Å². The molecule has 2 atom stereocenters. The van der Waals surface area contributed by atoms with Crippen LogP contribution in [0.3, 0.4) is 0 Å². The number of carbonyl (C=O) groups excluding carboxylic acids is 3. The third kappa shape index (κ3) is 9.37. The molecule has 0 spiro atoms. The average Bonchev–Trinajstić information content (AvgIpc) is 3.01. The lowest BCUT2D eigenvalue weighted by Gasteiger charge is -2.24. The number of amides is 2. The maximum Gasteiger partial charge on any atom is 0.413 e. The van der Waals surface area contributed by atoms with Gasteiger partial charge in [0.15, 0.2) is 0 Å². The van der Waals surface area contributed by atoms with Gasteiger partial charge >= 0.3 is 12.2 Å². The Bertz CT molecular complexity index is 844. The summed E-state index contributed by atoms with van der Waals surface area (Å²) in [6.45, 7) is 13.9. The van der Waals surface area contributed by atoms with Gasteiger partial charge in [0, 0.05) is 24.6 Å². The first-order valence-electron chi connectivity index (χ1n) is 11.3. The maximum absolute atomic E-state index is 12.6. The van der Waals surface area contributed by atoms with Gasteiger partial charge in [-0.15, -0.1) is 0 Å². The van der Waals surface area contributed by atoms with Crippen LogP contribution in [0.4, 0.5) is 15.4 Å². The molecule has 2 heterocycles. The number of hydrogen-bond donors (Lipinski definition) is 1. The van der Waals surface area contributed by atoms with Gasteiger partial charge in [0.25, 0.3) is 0 Å². The van der Waals surface area contributed by atoms with E-state index in [1.165, 1.54) is 0 Å². The lowest BCUT2D eigenvalue weighted by Crippen LogP contribution is -2.36. The van der Waals surface area contributed by atoms with Crippen LogP contribution < -0.4 is 5.32 Å². The summed E-state index contributed by atoms with van der Waals surface area (Å²) < 4.78 is 16.7. The van der Waals surface area contributed by atoms with Gasteiger partial charge < -0.3 is 23.9 Å². The molecule has 1 aromatic heterocycles. The fourth-order valence-electron chi connectivity index (χ4n) is 3.55. The number of pyridine rings is 1. The molecule has 2 amide bonds. The molecule has 33 heavy (non-hydrogen) atoms. The number of rotatable bonds is 7. The molecular formula is C24H37N3O6. The number of aryl methyl sites for hydroxylation is 1. The van der Waals surface area contributed by atoms with Crippen LogP contribution in [0.1, 0.15) is 59.2 Å². The largest absolute Gasteiger partial charge is 0.444 e. The molecule has 0 bridgehead atoms. The van der Waals surface area contributed by atoms with E-state index in [1.807, 2.05) is 33.8 Å². The molecule has 0 unspecified atom stereocenters. The minimum Gasteiger partial charge on any atom is -0.444 e. The van der Waals surface area contributed by atoms with E-state index in [4.69, 9.17) is 14.2 Å². The van der Waals surface area contributed by atoms with Crippen LogP contribution >= 0.6 is 0 Å². The second-order valence-electron chi connectivity index (χ2n) is 10.4. The lowest BCUT2D eigenvalue weighted by molar-refractivity contribution is -0.109. The summed E-state index contributed by atoms with van der Waals surface area (Å²) >= 11 is 0. The van der Waals surface area contributed by atoms with E-state index in [2.05, 4.69) is 10.3 Å². The highest BCUT2D eigenvalue weighted by Crippen LogP contribution is 2.26. The van der Waals surface area contributed by atoms with Crippen LogP contribution in [-0.2, 0) is 25.4 Å². The molecule has 0 radical (unpaired) electrons.